The Bertz CT molecular complexity index is 788. The van der Waals surface area contributed by atoms with Gasteiger partial charge in [0.1, 0.15) is 11.6 Å². The second-order valence-electron chi connectivity index (χ2n) is 4.68. The Morgan fingerprint density at radius 3 is 2.52 bits per heavy atom. The third-order valence-corrected chi connectivity index (χ3v) is 3.07. The highest BCUT2D eigenvalue weighted by Gasteiger charge is 2.09. The van der Waals surface area contributed by atoms with Crippen molar-refractivity contribution in [2.45, 2.75) is 6.54 Å². The molecular formula is C16H13FN4O2. The Hall–Kier alpha value is -3.22. The van der Waals surface area contributed by atoms with Crippen molar-refractivity contribution in [2.75, 3.05) is 10.6 Å². The minimum atomic E-state index is -0.406. The van der Waals surface area contributed by atoms with E-state index in [1.54, 1.807) is 42.5 Å². The van der Waals surface area contributed by atoms with Crippen LogP contribution in [-0.4, -0.2) is 16.1 Å². The quantitative estimate of drug-likeness (QED) is 0.757. The van der Waals surface area contributed by atoms with Crippen molar-refractivity contribution in [2.24, 2.45) is 0 Å². The zero-order valence-corrected chi connectivity index (χ0v) is 12.0. The molecule has 0 aliphatic carbocycles. The van der Waals surface area contributed by atoms with Crippen LogP contribution in [0, 0.1) is 5.82 Å². The largest absolute Gasteiger partial charge is 0.459 e. The number of carbonyl (C=O) groups is 1. The number of hydrogen-bond acceptors (Lipinski definition) is 5. The summed E-state index contributed by atoms with van der Waals surface area (Å²) in [5, 5.41) is 13.3. The molecule has 0 radical (unpaired) electrons. The standard InChI is InChI=1S/C16H13FN4O2/c17-12-5-2-1-4-11(12)10-18-14-7-8-15(21-20-14)19-16(22)13-6-3-9-23-13/h1-9H,10H2,(H,18,20)(H,19,21,22). The first-order chi connectivity index (χ1) is 11.2. The molecule has 2 N–H and O–H groups in total. The minimum Gasteiger partial charge on any atom is -0.459 e. The molecule has 23 heavy (non-hydrogen) atoms. The number of nitrogens with zero attached hydrogens (tertiary/aromatic N) is 2. The minimum absolute atomic E-state index is 0.188. The van der Waals surface area contributed by atoms with Crippen LogP contribution in [0.15, 0.2) is 59.2 Å². The molecule has 6 nitrogen and oxygen atoms in total. The second kappa shape index (κ2) is 6.69. The summed E-state index contributed by atoms with van der Waals surface area (Å²) in [5.74, 6) is 0.271. The van der Waals surface area contributed by atoms with Crippen LogP contribution >= 0.6 is 0 Å². The molecule has 0 fully saturated rings. The molecule has 0 bridgehead atoms. The van der Waals surface area contributed by atoms with E-state index in [4.69, 9.17) is 4.42 Å². The van der Waals surface area contributed by atoms with Crippen LogP contribution in [0.2, 0.25) is 0 Å². The maximum absolute atomic E-state index is 13.5. The Balaban J connectivity index is 1.59. The van der Waals surface area contributed by atoms with Gasteiger partial charge >= 0.3 is 0 Å². The van der Waals surface area contributed by atoms with Gasteiger partial charge in [-0.05, 0) is 30.3 Å². The van der Waals surface area contributed by atoms with Crippen LogP contribution in [-0.2, 0) is 6.54 Å². The summed E-state index contributed by atoms with van der Waals surface area (Å²) in [5.41, 5.74) is 0.532. The smallest absolute Gasteiger partial charge is 0.292 e. The third-order valence-electron chi connectivity index (χ3n) is 3.07. The van der Waals surface area contributed by atoms with Gasteiger partial charge in [0.25, 0.3) is 5.91 Å². The van der Waals surface area contributed by atoms with Crippen molar-refractivity contribution in [3.05, 3.63) is 71.9 Å². The molecule has 3 rings (SSSR count). The predicted molar refractivity (Wildman–Crippen MR) is 82.4 cm³/mol. The topological polar surface area (TPSA) is 80.0 Å². The summed E-state index contributed by atoms with van der Waals surface area (Å²) >= 11 is 0. The molecule has 0 aliphatic rings. The van der Waals surface area contributed by atoms with Crippen molar-refractivity contribution in [1.82, 2.24) is 10.2 Å². The first-order valence-corrected chi connectivity index (χ1v) is 6.88. The van der Waals surface area contributed by atoms with Gasteiger partial charge in [0, 0.05) is 12.1 Å². The molecule has 1 aromatic carbocycles. The number of anilines is 2. The van der Waals surface area contributed by atoms with Gasteiger partial charge < -0.3 is 15.1 Å². The molecule has 0 aliphatic heterocycles. The Morgan fingerprint density at radius 1 is 1.04 bits per heavy atom. The SMILES string of the molecule is O=C(Nc1ccc(NCc2ccccc2F)nn1)c1ccco1. The second-order valence-corrected chi connectivity index (χ2v) is 4.68. The number of aromatic nitrogens is 2. The molecule has 0 saturated heterocycles. The molecule has 2 aromatic heterocycles. The van der Waals surface area contributed by atoms with Crippen molar-refractivity contribution >= 4 is 17.5 Å². The molecule has 0 unspecified atom stereocenters. The van der Waals surface area contributed by atoms with Crippen LogP contribution in [0.5, 0.6) is 0 Å². The molecular weight excluding hydrogens is 299 g/mol. The molecule has 0 spiro atoms. The first kappa shape index (κ1) is 14.7. The van der Waals surface area contributed by atoms with E-state index in [1.807, 2.05) is 0 Å². The summed E-state index contributed by atoms with van der Waals surface area (Å²) in [7, 11) is 0. The first-order valence-electron chi connectivity index (χ1n) is 6.88. The Kier molecular flexibility index (Phi) is 4.28. The zero-order valence-electron chi connectivity index (χ0n) is 12.0. The average Bonchev–Trinajstić information content (AvgIpc) is 3.10. The van der Waals surface area contributed by atoms with Crippen molar-refractivity contribution in [3.63, 3.8) is 0 Å². The van der Waals surface area contributed by atoms with Gasteiger partial charge in [0.2, 0.25) is 0 Å². The van der Waals surface area contributed by atoms with Gasteiger partial charge in [-0.2, -0.15) is 0 Å². The maximum Gasteiger partial charge on any atom is 0.292 e. The van der Waals surface area contributed by atoms with Crippen molar-refractivity contribution in [1.29, 1.82) is 0 Å². The number of hydrogen-bond donors (Lipinski definition) is 2. The lowest BCUT2D eigenvalue weighted by Gasteiger charge is -2.07. The predicted octanol–water partition coefficient (Wildman–Crippen LogP) is 3.07. The number of halogens is 1. The lowest BCUT2D eigenvalue weighted by molar-refractivity contribution is 0.0996. The van der Waals surface area contributed by atoms with E-state index >= 15 is 0 Å². The van der Waals surface area contributed by atoms with E-state index in [0.717, 1.165) is 0 Å². The molecule has 0 saturated carbocycles. The van der Waals surface area contributed by atoms with Crippen LogP contribution in [0.25, 0.3) is 0 Å². The number of rotatable bonds is 5. The molecule has 3 aromatic rings. The Labute approximate surface area is 131 Å². The lowest BCUT2D eigenvalue weighted by atomic mass is 10.2. The van der Waals surface area contributed by atoms with E-state index < -0.39 is 5.91 Å². The molecule has 0 atom stereocenters. The van der Waals surface area contributed by atoms with Gasteiger partial charge in [0.15, 0.2) is 11.6 Å². The number of carbonyl (C=O) groups excluding carboxylic acids is 1. The fraction of sp³-hybridized carbons (Fsp3) is 0.0625. The van der Waals surface area contributed by atoms with Gasteiger partial charge in [-0.3, -0.25) is 4.79 Å². The lowest BCUT2D eigenvalue weighted by Crippen LogP contribution is -2.13. The van der Waals surface area contributed by atoms with E-state index in [0.29, 0.717) is 23.7 Å². The van der Waals surface area contributed by atoms with Crippen LogP contribution in [0.3, 0.4) is 0 Å². The summed E-state index contributed by atoms with van der Waals surface area (Å²) in [6, 6.07) is 12.9. The average molecular weight is 312 g/mol. The zero-order chi connectivity index (χ0) is 16.1. The molecule has 2 heterocycles. The Morgan fingerprint density at radius 2 is 1.83 bits per heavy atom. The summed E-state index contributed by atoms with van der Waals surface area (Å²) in [6.45, 7) is 0.291. The summed E-state index contributed by atoms with van der Waals surface area (Å²) in [4.78, 5) is 11.8. The summed E-state index contributed by atoms with van der Waals surface area (Å²) in [6.07, 6.45) is 1.41. The number of amides is 1. The molecule has 7 heteroatoms. The van der Waals surface area contributed by atoms with Gasteiger partial charge in [-0.25, -0.2) is 4.39 Å². The highest BCUT2D eigenvalue weighted by molar-refractivity contribution is 6.01. The van der Waals surface area contributed by atoms with Crippen LogP contribution in [0.1, 0.15) is 16.1 Å². The van der Waals surface area contributed by atoms with Crippen molar-refractivity contribution < 1.29 is 13.6 Å². The van der Waals surface area contributed by atoms with Crippen molar-refractivity contribution in [3.8, 4) is 0 Å². The van der Waals surface area contributed by atoms with E-state index in [1.165, 1.54) is 12.3 Å². The van der Waals surface area contributed by atoms with Gasteiger partial charge in [-0.15, -0.1) is 10.2 Å². The third kappa shape index (κ3) is 3.70. The van der Waals surface area contributed by atoms with Gasteiger partial charge in [0.05, 0.1) is 6.26 Å². The van der Waals surface area contributed by atoms with Crippen LogP contribution in [0.4, 0.5) is 16.0 Å². The van der Waals surface area contributed by atoms with Gasteiger partial charge in [-0.1, -0.05) is 18.2 Å². The number of benzene rings is 1. The highest BCUT2D eigenvalue weighted by Crippen LogP contribution is 2.11. The number of furan rings is 1. The summed E-state index contributed by atoms with van der Waals surface area (Å²) < 4.78 is 18.5. The highest BCUT2D eigenvalue weighted by atomic mass is 19.1. The van der Waals surface area contributed by atoms with E-state index in [9.17, 15) is 9.18 Å². The van der Waals surface area contributed by atoms with E-state index in [-0.39, 0.29) is 11.6 Å². The normalized spacial score (nSPS) is 10.3. The fourth-order valence-corrected chi connectivity index (χ4v) is 1.91. The molecule has 1 amide bonds. The fourth-order valence-electron chi connectivity index (χ4n) is 1.91. The van der Waals surface area contributed by atoms with Crippen LogP contribution < -0.4 is 10.6 Å². The maximum atomic E-state index is 13.5. The van der Waals surface area contributed by atoms with E-state index in [2.05, 4.69) is 20.8 Å². The monoisotopic (exact) mass is 312 g/mol. The molecule has 116 valence electrons. The number of nitrogens with one attached hydrogen (secondary N) is 2.